The van der Waals surface area contributed by atoms with Crippen LogP contribution in [0.3, 0.4) is 0 Å². The van der Waals surface area contributed by atoms with Gasteiger partial charge in [-0.2, -0.15) is 5.10 Å². The highest BCUT2D eigenvalue weighted by Gasteiger charge is 2.40. The summed E-state index contributed by atoms with van der Waals surface area (Å²) in [6.45, 7) is 1.23. The number of amides is 3. The summed E-state index contributed by atoms with van der Waals surface area (Å²) >= 11 is 0. The third-order valence-electron chi connectivity index (χ3n) is 7.44. The number of fused-ring (bicyclic) bond motifs is 2. The van der Waals surface area contributed by atoms with Gasteiger partial charge in [0.25, 0.3) is 5.91 Å². The number of aromatic nitrogens is 3. The number of hydrogen-bond donors (Lipinski definition) is 4. The molecule has 0 bridgehead atoms. The number of carbonyl (C=O) groups is 3. The predicted molar refractivity (Wildman–Crippen MR) is 152 cm³/mol. The number of nitrogens with one attached hydrogen (secondary N) is 2. The van der Waals surface area contributed by atoms with E-state index >= 15 is 0 Å². The van der Waals surface area contributed by atoms with E-state index in [-0.39, 0.29) is 35.5 Å². The molecule has 3 aromatic carbocycles. The summed E-state index contributed by atoms with van der Waals surface area (Å²) in [5, 5.41) is 17.7. The van der Waals surface area contributed by atoms with Gasteiger partial charge < -0.3 is 26.0 Å². The molecule has 0 saturated carbocycles. The minimum absolute atomic E-state index is 0.106. The van der Waals surface area contributed by atoms with E-state index in [2.05, 4.69) is 15.4 Å². The topological polar surface area (TPSA) is 146 Å². The minimum atomic E-state index is -1.47. The highest BCUT2D eigenvalue weighted by molar-refractivity contribution is 6.05. The number of aromatic amines is 1. The van der Waals surface area contributed by atoms with E-state index in [9.17, 15) is 28.3 Å². The predicted octanol–water partition coefficient (Wildman–Crippen LogP) is 4.01. The fourth-order valence-electron chi connectivity index (χ4n) is 5.41. The van der Waals surface area contributed by atoms with E-state index in [0.717, 1.165) is 27.1 Å². The Kier molecular flexibility index (Phi) is 6.60. The fourth-order valence-corrected chi connectivity index (χ4v) is 5.41. The monoisotopic (exact) mass is 572 g/mol. The van der Waals surface area contributed by atoms with Crippen LogP contribution in [0.2, 0.25) is 0 Å². The first-order chi connectivity index (χ1) is 20.1. The molecule has 2 aromatic heterocycles. The largest absolute Gasteiger partial charge is 0.508 e. The number of phenols is 1. The molecule has 5 aromatic rings. The van der Waals surface area contributed by atoms with E-state index in [0.29, 0.717) is 11.1 Å². The molecule has 0 aliphatic carbocycles. The lowest BCUT2D eigenvalue weighted by molar-refractivity contribution is -0.137. The Morgan fingerprint density at radius 1 is 1.12 bits per heavy atom. The first-order valence-electron chi connectivity index (χ1n) is 13.2. The molecule has 5 N–H and O–H groups in total. The maximum absolute atomic E-state index is 14.8. The first-order valence-corrected chi connectivity index (χ1v) is 13.2. The summed E-state index contributed by atoms with van der Waals surface area (Å²) in [4.78, 5) is 42.8. The number of aromatic hydroxyl groups is 1. The molecule has 214 valence electrons. The Bertz CT molecular complexity index is 1900. The third-order valence-corrected chi connectivity index (χ3v) is 7.44. The normalized spacial score (nSPS) is 16.8. The minimum Gasteiger partial charge on any atom is -0.508 e. The van der Waals surface area contributed by atoms with Crippen LogP contribution in [0.5, 0.6) is 5.75 Å². The summed E-state index contributed by atoms with van der Waals surface area (Å²) in [5.74, 6) is -3.03. The number of nitrogens with zero attached hydrogens (tertiary/aromatic N) is 3. The van der Waals surface area contributed by atoms with Crippen LogP contribution in [0.25, 0.3) is 33.1 Å². The van der Waals surface area contributed by atoms with Crippen molar-refractivity contribution in [1.29, 1.82) is 0 Å². The van der Waals surface area contributed by atoms with Gasteiger partial charge in [-0.25, -0.2) is 8.78 Å². The average molecular weight is 573 g/mol. The lowest BCUT2D eigenvalue weighted by atomic mass is 10.1. The Balaban J connectivity index is 1.23. The number of aryl methyl sites for hydroxylation is 1. The van der Waals surface area contributed by atoms with Crippen molar-refractivity contribution in [1.82, 2.24) is 19.7 Å². The molecule has 1 fully saturated rings. The third kappa shape index (κ3) is 4.91. The van der Waals surface area contributed by atoms with Gasteiger partial charge in [0.05, 0.1) is 17.7 Å². The second kappa shape index (κ2) is 10.3. The molecule has 1 saturated heterocycles. The molecule has 12 heteroatoms. The second-order valence-electron chi connectivity index (χ2n) is 10.4. The van der Waals surface area contributed by atoms with Gasteiger partial charge in [0.1, 0.15) is 30.3 Å². The van der Waals surface area contributed by atoms with Gasteiger partial charge in [-0.1, -0.05) is 11.6 Å². The van der Waals surface area contributed by atoms with Gasteiger partial charge in [-0.3, -0.25) is 19.1 Å². The fraction of sp³-hybridized carbons (Fsp3) is 0.200. The van der Waals surface area contributed by atoms with Crippen LogP contribution < -0.4 is 11.1 Å². The van der Waals surface area contributed by atoms with Crippen molar-refractivity contribution in [3.05, 3.63) is 77.7 Å². The van der Waals surface area contributed by atoms with Crippen LogP contribution in [-0.4, -0.2) is 61.3 Å². The summed E-state index contributed by atoms with van der Waals surface area (Å²) in [6, 6.07) is 15.1. The smallest absolute Gasteiger partial charge is 0.269 e. The number of likely N-dealkylation sites (tertiary alicyclic amines) is 1. The highest BCUT2D eigenvalue weighted by Crippen LogP contribution is 2.30. The van der Waals surface area contributed by atoms with E-state index in [1.54, 1.807) is 6.07 Å². The van der Waals surface area contributed by atoms with Crippen molar-refractivity contribution in [2.45, 2.75) is 32.1 Å². The number of alkyl halides is 1. The molecule has 10 nitrogen and oxygen atoms in total. The van der Waals surface area contributed by atoms with E-state index < -0.39 is 42.3 Å². The van der Waals surface area contributed by atoms with Crippen molar-refractivity contribution < 1.29 is 28.3 Å². The molecule has 6 rings (SSSR count). The van der Waals surface area contributed by atoms with Crippen LogP contribution >= 0.6 is 0 Å². The van der Waals surface area contributed by atoms with Crippen molar-refractivity contribution in [3.63, 3.8) is 0 Å². The Morgan fingerprint density at radius 2 is 1.93 bits per heavy atom. The maximum Gasteiger partial charge on any atom is 0.269 e. The van der Waals surface area contributed by atoms with E-state index in [4.69, 9.17) is 5.73 Å². The van der Waals surface area contributed by atoms with Gasteiger partial charge in [0.2, 0.25) is 11.8 Å². The average Bonchev–Trinajstić information content (AvgIpc) is 3.64. The molecule has 2 atom stereocenters. The second-order valence-corrected chi connectivity index (χ2v) is 10.4. The van der Waals surface area contributed by atoms with Crippen molar-refractivity contribution in [3.8, 4) is 17.0 Å². The highest BCUT2D eigenvalue weighted by atomic mass is 19.1. The Morgan fingerprint density at radius 3 is 2.71 bits per heavy atom. The van der Waals surface area contributed by atoms with Crippen molar-refractivity contribution >= 4 is 45.2 Å². The van der Waals surface area contributed by atoms with Gasteiger partial charge in [-0.15, -0.1) is 0 Å². The number of H-pyrrole nitrogens is 1. The molecule has 0 spiro atoms. The standard InChI is InChI=1S/C30H26F2N6O4/c1-15-2-6-22-17(8-15)10-23(34-22)16-3-5-21(32)24(9-16)35-30(42)26-11-18(31)13-37(26)27(40)14-38-25-7-4-19(39)12-20(25)28(36-38)29(33)41/h2-10,12,18,26,34,39H,11,13-14H2,1H3,(H2,33,41)(H,35,42). The van der Waals surface area contributed by atoms with E-state index in [1.165, 1.54) is 35.0 Å². The Labute approximate surface area is 237 Å². The Hall–Kier alpha value is -5.26. The number of hydrogen-bond acceptors (Lipinski definition) is 5. The van der Waals surface area contributed by atoms with Crippen LogP contribution in [0, 0.1) is 12.7 Å². The molecular weight excluding hydrogens is 546 g/mol. The molecule has 2 unspecified atom stereocenters. The summed E-state index contributed by atoms with van der Waals surface area (Å²) < 4.78 is 30.6. The van der Waals surface area contributed by atoms with Gasteiger partial charge in [0.15, 0.2) is 5.69 Å². The number of carbonyl (C=O) groups excluding carboxylic acids is 3. The molecule has 3 heterocycles. The van der Waals surface area contributed by atoms with Gasteiger partial charge >= 0.3 is 0 Å². The number of rotatable bonds is 6. The van der Waals surface area contributed by atoms with Crippen LogP contribution in [0.15, 0.2) is 60.7 Å². The van der Waals surface area contributed by atoms with Crippen molar-refractivity contribution in [2.75, 3.05) is 11.9 Å². The number of anilines is 1. The number of halogens is 2. The number of primary amides is 1. The molecule has 0 radical (unpaired) electrons. The molecular formula is C30H26F2N6O4. The number of benzene rings is 3. The SMILES string of the molecule is Cc1ccc2[nH]c(-c3ccc(F)c(NC(=O)C4CC(F)CN4C(=O)Cn4nc(C(N)=O)c5cc(O)ccc54)c3)cc2c1. The lowest BCUT2D eigenvalue weighted by Gasteiger charge is -2.24. The maximum atomic E-state index is 14.8. The van der Waals surface area contributed by atoms with Crippen LogP contribution in [-0.2, 0) is 16.1 Å². The quantitative estimate of drug-likeness (QED) is 0.243. The summed E-state index contributed by atoms with van der Waals surface area (Å²) in [6.07, 6.45) is -1.73. The van der Waals surface area contributed by atoms with Crippen LogP contribution in [0.1, 0.15) is 22.5 Å². The molecule has 1 aliphatic rings. The zero-order valence-electron chi connectivity index (χ0n) is 22.4. The van der Waals surface area contributed by atoms with Gasteiger partial charge in [-0.05, 0) is 61.5 Å². The molecule has 1 aliphatic heterocycles. The zero-order valence-corrected chi connectivity index (χ0v) is 22.4. The first kappa shape index (κ1) is 26.9. The van der Waals surface area contributed by atoms with E-state index in [1.807, 2.05) is 31.2 Å². The summed E-state index contributed by atoms with van der Waals surface area (Å²) in [7, 11) is 0. The number of phenolic OH excluding ortho intramolecular Hbond substituents is 1. The molecule has 42 heavy (non-hydrogen) atoms. The lowest BCUT2D eigenvalue weighted by Crippen LogP contribution is -2.44. The van der Waals surface area contributed by atoms with Gasteiger partial charge in [0, 0.05) is 34.0 Å². The van der Waals surface area contributed by atoms with Crippen molar-refractivity contribution in [2.24, 2.45) is 5.73 Å². The van der Waals surface area contributed by atoms with Crippen LogP contribution in [0.4, 0.5) is 14.5 Å². The molecule has 3 amide bonds. The summed E-state index contributed by atoms with van der Waals surface area (Å²) in [5.41, 5.74) is 8.86. The zero-order chi connectivity index (χ0) is 29.7. The number of nitrogens with two attached hydrogens (primary N) is 1.